The molecule has 2 atom stereocenters. The molecule has 0 aliphatic carbocycles. The number of aliphatic carboxylic acids is 1. The highest BCUT2D eigenvalue weighted by Crippen LogP contribution is 2.28. The number of rotatable bonds is 5. The van der Waals surface area contributed by atoms with Gasteiger partial charge in [0.2, 0.25) is 5.95 Å². The number of carboxylic acid groups (broad SMARTS) is 1. The van der Waals surface area contributed by atoms with Crippen molar-refractivity contribution < 1.29 is 9.90 Å². The molecule has 1 saturated heterocycles. The Labute approximate surface area is 123 Å². The van der Waals surface area contributed by atoms with E-state index in [2.05, 4.69) is 28.9 Å². The maximum Gasteiger partial charge on any atom is 0.313 e. The van der Waals surface area contributed by atoms with E-state index >= 15 is 0 Å². The highest BCUT2D eigenvalue weighted by molar-refractivity contribution is 7.99. The number of thioether (sulfide) groups is 1. The first-order valence-electron chi connectivity index (χ1n) is 7.07. The van der Waals surface area contributed by atoms with Crippen LogP contribution in [0.3, 0.4) is 0 Å². The SMILES string of the molecule is CCn1c(SCC(=O)O)nnc1N1CC(C)CCC1C. The van der Waals surface area contributed by atoms with Crippen molar-refractivity contribution in [2.75, 3.05) is 17.2 Å². The van der Waals surface area contributed by atoms with Crippen molar-refractivity contribution in [3.8, 4) is 0 Å². The van der Waals surface area contributed by atoms with Crippen LogP contribution in [0.2, 0.25) is 0 Å². The summed E-state index contributed by atoms with van der Waals surface area (Å²) in [4.78, 5) is 13.0. The molecule has 0 spiro atoms. The van der Waals surface area contributed by atoms with Crippen LogP contribution >= 0.6 is 11.8 Å². The van der Waals surface area contributed by atoms with Crippen molar-refractivity contribution in [1.82, 2.24) is 14.8 Å². The molecule has 112 valence electrons. The van der Waals surface area contributed by atoms with Gasteiger partial charge in [-0.3, -0.25) is 9.36 Å². The molecule has 1 aliphatic rings. The van der Waals surface area contributed by atoms with E-state index in [0.717, 1.165) is 25.5 Å². The second-order valence-electron chi connectivity index (χ2n) is 5.39. The van der Waals surface area contributed by atoms with Crippen LogP contribution in [0.4, 0.5) is 5.95 Å². The molecule has 2 rings (SSSR count). The first kappa shape index (κ1) is 15.2. The lowest BCUT2D eigenvalue weighted by atomic mass is 9.95. The second kappa shape index (κ2) is 6.47. The largest absolute Gasteiger partial charge is 0.481 e. The van der Waals surface area contributed by atoms with Crippen LogP contribution in [0.5, 0.6) is 0 Å². The Morgan fingerprint density at radius 1 is 1.40 bits per heavy atom. The normalized spacial score (nSPS) is 23.1. The van der Waals surface area contributed by atoms with Crippen molar-refractivity contribution in [3.63, 3.8) is 0 Å². The minimum absolute atomic E-state index is 0.0179. The third-order valence-electron chi connectivity index (χ3n) is 3.71. The van der Waals surface area contributed by atoms with Crippen LogP contribution < -0.4 is 4.90 Å². The molecule has 6 nitrogen and oxygen atoms in total. The smallest absolute Gasteiger partial charge is 0.313 e. The number of anilines is 1. The Bertz CT molecular complexity index is 477. The zero-order chi connectivity index (χ0) is 14.7. The number of hydrogen-bond acceptors (Lipinski definition) is 5. The predicted molar refractivity (Wildman–Crippen MR) is 79.3 cm³/mol. The van der Waals surface area contributed by atoms with E-state index in [4.69, 9.17) is 5.11 Å². The maximum absolute atomic E-state index is 10.7. The quantitative estimate of drug-likeness (QED) is 0.839. The molecule has 1 aromatic heterocycles. The van der Waals surface area contributed by atoms with Gasteiger partial charge in [0.05, 0.1) is 5.75 Å². The van der Waals surface area contributed by atoms with Crippen LogP contribution in [-0.4, -0.2) is 44.2 Å². The minimum Gasteiger partial charge on any atom is -0.481 e. The molecule has 1 N–H and O–H groups in total. The minimum atomic E-state index is -0.831. The lowest BCUT2D eigenvalue weighted by molar-refractivity contribution is -0.133. The summed E-state index contributed by atoms with van der Waals surface area (Å²) < 4.78 is 2.02. The van der Waals surface area contributed by atoms with Gasteiger partial charge in [-0.15, -0.1) is 10.2 Å². The van der Waals surface area contributed by atoms with E-state index in [1.165, 1.54) is 18.2 Å². The number of carboxylic acids is 1. The summed E-state index contributed by atoms with van der Waals surface area (Å²) in [6, 6.07) is 0.457. The molecular weight excluding hydrogens is 276 g/mol. The molecule has 1 fully saturated rings. The van der Waals surface area contributed by atoms with E-state index in [0.29, 0.717) is 17.1 Å². The predicted octanol–water partition coefficient (Wildman–Crippen LogP) is 2.10. The highest BCUT2D eigenvalue weighted by atomic mass is 32.2. The second-order valence-corrected chi connectivity index (χ2v) is 6.34. The summed E-state index contributed by atoms with van der Waals surface area (Å²) in [6.07, 6.45) is 2.41. The lowest BCUT2D eigenvalue weighted by Crippen LogP contribution is -2.42. The zero-order valence-electron chi connectivity index (χ0n) is 12.2. The first-order valence-corrected chi connectivity index (χ1v) is 8.05. The third-order valence-corrected chi connectivity index (χ3v) is 4.66. The van der Waals surface area contributed by atoms with Crippen molar-refractivity contribution in [1.29, 1.82) is 0 Å². The van der Waals surface area contributed by atoms with Gasteiger partial charge >= 0.3 is 5.97 Å². The van der Waals surface area contributed by atoms with Gasteiger partial charge in [0, 0.05) is 19.1 Å². The van der Waals surface area contributed by atoms with Gasteiger partial charge in [0.25, 0.3) is 0 Å². The molecule has 0 radical (unpaired) electrons. The summed E-state index contributed by atoms with van der Waals surface area (Å²) in [5, 5.41) is 17.9. The average molecular weight is 298 g/mol. The van der Waals surface area contributed by atoms with E-state index in [9.17, 15) is 4.79 Å². The number of carbonyl (C=O) groups is 1. The van der Waals surface area contributed by atoms with Gasteiger partial charge in [-0.05, 0) is 32.6 Å². The first-order chi connectivity index (χ1) is 9.52. The molecule has 2 heterocycles. The summed E-state index contributed by atoms with van der Waals surface area (Å²) in [5.41, 5.74) is 0. The van der Waals surface area contributed by atoms with Crippen LogP contribution in [0.25, 0.3) is 0 Å². The molecule has 0 bridgehead atoms. The third kappa shape index (κ3) is 3.26. The molecule has 1 aromatic rings. The number of hydrogen-bond donors (Lipinski definition) is 1. The summed E-state index contributed by atoms with van der Waals surface area (Å²) >= 11 is 1.23. The van der Waals surface area contributed by atoms with E-state index in [1.54, 1.807) is 0 Å². The Hall–Kier alpha value is -1.24. The van der Waals surface area contributed by atoms with Crippen molar-refractivity contribution in [2.45, 2.75) is 51.4 Å². The zero-order valence-corrected chi connectivity index (χ0v) is 13.1. The van der Waals surface area contributed by atoms with Gasteiger partial charge in [0.1, 0.15) is 0 Å². The van der Waals surface area contributed by atoms with Gasteiger partial charge in [0.15, 0.2) is 5.16 Å². The highest BCUT2D eigenvalue weighted by Gasteiger charge is 2.27. The van der Waals surface area contributed by atoms with Gasteiger partial charge < -0.3 is 10.0 Å². The van der Waals surface area contributed by atoms with Crippen LogP contribution in [0, 0.1) is 5.92 Å². The standard InChI is InChI=1S/C13H22N4O2S/c1-4-16-12(14-15-13(16)20-8-11(18)19)17-7-9(2)5-6-10(17)3/h9-10H,4-8H2,1-3H3,(H,18,19). The monoisotopic (exact) mass is 298 g/mol. The van der Waals surface area contributed by atoms with Crippen LogP contribution in [-0.2, 0) is 11.3 Å². The van der Waals surface area contributed by atoms with Crippen LogP contribution in [0.1, 0.15) is 33.6 Å². The molecular formula is C13H22N4O2S. The molecule has 0 saturated carbocycles. The molecule has 0 aromatic carbocycles. The summed E-state index contributed by atoms with van der Waals surface area (Å²) in [7, 11) is 0. The van der Waals surface area contributed by atoms with E-state index in [1.807, 2.05) is 11.5 Å². The van der Waals surface area contributed by atoms with Gasteiger partial charge in [-0.25, -0.2) is 0 Å². The topological polar surface area (TPSA) is 71.2 Å². The number of piperidine rings is 1. The molecule has 0 amide bonds. The van der Waals surface area contributed by atoms with Crippen molar-refractivity contribution >= 4 is 23.7 Å². The fraction of sp³-hybridized carbons (Fsp3) is 0.769. The van der Waals surface area contributed by atoms with Crippen molar-refractivity contribution in [3.05, 3.63) is 0 Å². The number of nitrogens with zero attached hydrogens (tertiary/aromatic N) is 4. The van der Waals surface area contributed by atoms with Crippen molar-refractivity contribution in [2.24, 2.45) is 5.92 Å². The fourth-order valence-corrected chi connectivity index (χ4v) is 3.29. The Kier molecular flexibility index (Phi) is 4.91. The Morgan fingerprint density at radius 3 is 2.80 bits per heavy atom. The molecule has 2 unspecified atom stereocenters. The molecule has 1 aliphatic heterocycles. The number of aromatic nitrogens is 3. The molecule has 7 heteroatoms. The van der Waals surface area contributed by atoms with Crippen LogP contribution in [0.15, 0.2) is 5.16 Å². The average Bonchev–Trinajstić information content (AvgIpc) is 2.81. The lowest BCUT2D eigenvalue weighted by Gasteiger charge is -2.37. The maximum atomic E-state index is 10.7. The van der Waals surface area contributed by atoms with Gasteiger partial charge in [-0.2, -0.15) is 0 Å². The van der Waals surface area contributed by atoms with E-state index < -0.39 is 5.97 Å². The fourth-order valence-electron chi connectivity index (χ4n) is 2.57. The summed E-state index contributed by atoms with van der Waals surface area (Å²) in [5.74, 6) is 0.717. The molecule has 20 heavy (non-hydrogen) atoms. The Balaban J connectivity index is 2.20. The van der Waals surface area contributed by atoms with Gasteiger partial charge in [-0.1, -0.05) is 18.7 Å². The van der Waals surface area contributed by atoms with E-state index in [-0.39, 0.29) is 5.75 Å². The Morgan fingerprint density at radius 2 is 2.15 bits per heavy atom. The summed E-state index contributed by atoms with van der Waals surface area (Å²) in [6.45, 7) is 8.25.